The maximum absolute atomic E-state index is 13.5. The van der Waals surface area contributed by atoms with Crippen LogP contribution in [0, 0.1) is 0 Å². The van der Waals surface area contributed by atoms with Crippen LogP contribution in [0.5, 0.6) is 11.5 Å². The van der Waals surface area contributed by atoms with Crippen molar-refractivity contribution in [2.45, 2.75) is 43.7 Å². The first-order valence-electron chi connectivity index (χ1n) is 10.8. The van der Waals surface area contributed by atoms with Crippen molar-refractivity contribution >= 4 is 15.9 Å². The van der Waals surface area contributed by atoms with E-state index in [-0.39, 0.29) is 10.8 Å². The molecule has 2 heterocycles. The number of nitrogens with zero attached hydrogens (tertiary/aromatic N) is 2. The van der Waals surface area contributed by atoms with Gasteiger partial charge in [0.1, 0.15) is 19.3 Å². The molecule has 1 saturated heterocycles. The average Bonchev–Trinajstić information content (AvgIpc) is 2.82. The molecular weight excluding hydrogens is 416 g/mol. The van der Waals surface area contributed by atoms with Gasteiger partial charge in [0.15, 0.2) is 11.5 Å². The van der Waals surface area contributed by atoms with E-state index >= 15 is 0 Å². The summed E-state index contributed by atoms with van der Waals surface area (Å²) in [5.74, 6) is 1.17. The number of likely N-dealkylation sites (N-methyl/N-ethyl adjacent to an activating group) is 1. The molecule has 0 spiro atoms. The van der Waals surface area contributed by atoms with Crippen molar-refractivity contribution in [2.24, 2.45) is 0 Å². The number of rotatable bonds is 6. The third-order valence-corrected chi connectivity index (χ3v) is 7.71. The van der Waals surface area contributed by atoms with Crippen molar-refractivity contribution in [1.82, 2.24) is 9.21 Å². The highest BCUT2D eigenvalue weighted by molar-refractivity contribution is 7.89. The zero-order chi connectivity index (χ0) is 21.8. The second-order valence-corrected chi connectivity index (χ2v) is 9.62. The molecule has 2 aromatic carbocycles. The monoisotopic (exact) mass is 444 g/mol. The minimum atomic E-state index is -3.74. The minimum Gasteiger partial charge on any atom is -0.486 e. The SMILES string of the molecule is CCN(Cc1cccc2c1OCCO2)C(=O)C1CCCCN1S(=O)(=O)c1ccccc1. The van der Waals surface area contributed by atoms with Gasteiger partial charge in [-0.2, -0.15) is 4.31 Å². The molecule has 1 unspecified atom stereocenters. The van der Waals surface area contributed by atoms with Crippen LogP contribution < -0.4 is 9.47 Å². The van der Waals surface area contributed by atoms with Gasteiger partial charge in [-0.1, -0.05) is 36.8 Å². The van der Waals surface area contributed by atoms with E-state index in [0.717, 1.165) is 18.4 Å². The number of carbonyl (C=O) groups is 1. The third-order valence-electron chi connectivity index (χ3n) is 5.79. The van der Waals surface area contributed by atoms with Gasteiger partial charge in [-0.3, -0.25) is 4.79 Å². The van der Waals surface area contributed by atoms with Crippen molar-refractivity contribution in [1.29, 1.82) is 0 Å². The highest BCUT2D eigenvalue weighted by Gasteiger charge is 2.39. The molecule has 0 bridgehead atoms. The number of piperidine rings is 1. The number of ether oxygens (including phenoxy) is 2. The Morgan fingerprint density at radius 3 is 2.61 bits per heavy atom. The van der Waals surface area contributed by atoms with Gasteiger partial charge >= 0.3 is 0 Å². The number of benzene rings is 2. The van der Waals surface area contributed by atoms with Crippen molar-refractivity contribution in [3.8, 4) is 11.5 Å². The topological polar surface area (TPSA) is 76.2 Å². The van der Waals surface area contributed by atoms with E-state index in [4.69, 9.17) is 9.47 Å². The summed E-state index contributed by atoms with van der Waals surface area (Å²) in [6.07, 6.45) is 2.10. The molecular formula is C23H28N2O5S. The number of carbonyl (C=O) groups excluding carboxylic acids is 1. The molecule has 31 heavy (non-hydrogen) atoms. The lowest BCUT2D eigenvalue weighted by atomic mass is 10.0. The molecule has 1 atom stereocenters. The van der Waals surface area contributed by atoms with Crippen molar-refractivity contribution in [2.75, 3.05) is 26.3 Å². The quantitative estimate of drug-likeness (QED) is 0.685. The first-order valence-corrected chi connectivity index (χ1v) is 12.2. The largest absolute Gasteiger partial charge is 0.486 e. The van der Waals surface area contributed by atoms with Gasteiger partial charge in [0.25, 0.3) is 0 Å². The van der Waals surface area contributed by atoms with E-state index in [1.165, 1.54) is 4.31 Å². The molecule has 8 heteroatoms. The Bertz CT molecular complexity index is 1030. The molecule has 0 N–H and O–H groups in total. The molecule has 4 rings (SSSR count). The maximum atomic E-state index is 13.5. The van der Waals surface area contributed by atoms with E-state index < -0.39 is 16.1 Å². The molecule has 2 aromatic rings. The Morgan fingerprint density at radius 1 is 1.06 bits per heavy atom. The van der Waals surface area contributed by atoms with Gasteiger partial charge in [0.05, 0.1) is 4.90 Å². The van der Waals surface area contributed by atoms with E-state index in [9.17, 15) is 13.2 Å². The Balaban J connectivity index is 1.59. The van der Waals surface area contributed by atoms with Gasteiger partial charge in [-0.05, 0) is 38.0 Å². The molecule has 1 amide bonds. The van der Waals surface area contributed by atoms with Crippen LogP contribution >= 0.6 is 0 Å². The zero-order valence-electron chi connectivity index (χ0n) is 17.7. The lowest BCUT2D eigenvalue weighted by Crippen LogP contribution is -2.52. The predicted octanol–water partition coefficient (Wildman–Crippen LogP) is 3.05. The second-order valence-electron chi connectivity index (χ2n) is 7.73. The van der Waals surface area contributed by atoms with E-state index in [1.807, 2.05) is 25.1 Å². The standard InChI is InChI=1S/C23H28N2O5S/c1-2-24(17-18-9-8-13-21-22(18)30-16-15-29-21)23(26)20-12-6-7-14-25(20)31(27,28)19-10-4-3-5-11-19/h3-5,8-11,13,20H,2,6-7,12,14-17H2,1H3. The van der Waals surface area contributed by atoms with Crippen LogP contribution in [0.3, 0.4) is 0 Å². The smallest absolute Gasteiger partial charge is 0.243 e. The van der Waals surface area contributed by atoms with Crippen molar-refractivity contribution < 1.29 is 22.7 Å². The molecule has 166 valence electrons. The number of sulfonamides is 1. The fraction of sp³-hybridized carbons (Fsp3) is 0.435. The highest BCUT2D eigenvalue weighted by Crippen LogP contribution is 2.35. The number of fused-ring (bicyclic) bond motifs is 1. The fourth-order valence-corrected chi connectivity index (χ4v) is 5.86. The van der Waals surface area contributed by atoms with Crippen LogP contribution in [-0.2, 0) is 21.4 Å². The summed E-state index contributed by atoms with van der Waals surface area (Å²) < 4.78 is 39.4. The van der Waals surface area contributed by atoms with Crippen LogP contribution in [0.25, 0.3) is 0 Å². The van der Waals surface area contributed by atoms with E-state index in [2.05, 4.69) is 0 Å². The van der Waals surface area contributed by atoms with E-state index in [0.29, 0.717) is 50.8 Å². The van der Waals surface area contributed by atoms with Gasteiger partial charge in [0.2, 0.25) is 15.9 Å². The Labute approximate surface area is 183 Å². The van der Waals surface area contributed by atoms with Crippen LogP contribution in [0.1, 0.15) is 31.7 Å². The van der Waals surface area contributed by atoms with Crippen molar-refractivity contribution in [3.05, 3.63) is 54.1 Å². The number of amides is 1. The third kappa shape index (κ3) is 4.41. The summed E-state index contributed by atoms with van der Waals surface area (Å²) in [6.45, 7) is 4.04. The van der Waals surface area contributed by atoms with Gasteiger partial charge in [-0.15, -0.1) is 0 Å². The first-order chi connectivity index (χ1) is 15.0. The lowest BCUT2D eigenvalue weighted by Gasteiger charge is -2.37. The predicted molar refractivity (Wildman–Crippen MR) is 116 cm³/mol. The summed E-state index contributed by atoms with van der Waals surface area (Å²) in [7, 11) is -3.74. The molecule has 7 nitrogen and oxygen atoms in total. The Kier molecular flexibility index (Phi) is 6.48. The molecule has 0 aromatic heterocycles. The normalized spacial score (nSPS) is 19.1. The maximum Gasteiger partial charge on any atom is 0.243 e. The summed E-state index contributed by atoms with van der Waals surface area (Å²) in [5, 5.41) is 0. The Hall–Kier alpha value is -2.58. The molecule has 2 aliphatic rings. The number of hydrogen-bond donors (Lipinski definition) is 0. The molecule has 0 aliphatic carbocycles. The first kappa shape index (κ1) is 21.6. The average molecular weight is 445 g/mol. The highest BCUT2D eigenvalue weighted by atomic mass is 32.2. The van der Waals surface area contributed by atoms with Crippen molar-refractivity contribution in [3.63, 3.8) is 0 Å². The summed E-state index contributed by atoms with van der Waals surface area (Å²) in [6, 6.07) is 13.3. The molecule has 0 saturated carbocycles. The van der Waals surface area contributed by atoms with Crippen LogP contribution in [-0.4, -0.2) is 55.9 Å². The number of para-hydroxylation sites is 1. The summed E-state index contributed by atoms with van der Waals surface area (Å²) in [5.41, 5.74) is 0.862. The zero-order valence-corrected chi connectivity index (χ0v) is 18.5. The van der Waals surface area contributed by atoms with Crippen LogP contribution in [0.15, 0.2) is 53.4 Å². The van der Waals surface area contributed by atoms with Gasteiger partial charge in [0, 0.05) is 25.2 Å². The molecule has 0 radical (unpaired) electrons. The Morgan fingerprint density at radius 2 is 1.84 bits per heavy atom. The summed E-state index contributed by atoms with van der Waals surface area (Å²) in [4.78, 5) is 15.5. The van der Waals surface area contributed by atoms with Gasteiger partial charge < -0.3 is 14.4 Å². The molecule has 1 fully saturated rings. The summed E-state index contributed by atoms with van der Waals surface area (Å²) >= 11 is 0. The second kappa shape index (κ2) is 9.28. The minimum absolute atomic E-state index is 0.170. The van der Waals surface area contributed by atoms with E-state index in [1.54, 1.807) is 35.2 Å². The lowest BCUT2D eigenvalue weighted by molar-refractivity contribution is -0.136. The number of hydrogen-bond acceptors (Lipinski definition) is 5. The fourth-order valence-electron chi connectivity index (χ4n) is 4.19. The molecule has 2 aliphatic heterocycles. The van der Waals surface area contributed by atoms with Crippen LogP contribution in [0.4, 0.5) is 0 Å². The van der Waals surface area contributed by atoms with Crippen LogP contribution in [0.2, 0.25) is 0 Å². The van der Waals surface area contributed by atoms with Gasteiger partial charge in [-0.25, -0.2) is 8.42 Å².